The molecule has 0 spiro atoms. The highest BCUT2D eigenvalue weighted by Gasteiger charge is 2.49. The zero-order chi connectivity index (χ0) is 14.4. The SMILES string of the molecule is COc1ccccc1CN(C(=O)C1CC2CC2C1)C1CC1. The molecular formula is C18H23NO2. The number of para-hydroxylation sites is 1. The van der Waals surface area contributed by atoms with Gasteiger partial charge in [-0.1, -0.05) is 18.2 Å². The average molecular weight is 285 g/mol. The summed E-state index contributed by atoms with van der Waals surface area (Å²) in [4.78, 5) is 15.0. The standard InChI is InChI=1S/C18H23NO2/c1-21-17-5-3-2-4-12(17)11-19(16-6-7-16)18(20)15-9-13-8-14(13)10-15/h2-5,13-16H,6-11H2,1H3. The molecule has 21 heavy (non-hydrogen) atoms. The van der Waals surface area contributed by atoms with Crippen LogP contribution < -0.4 is 4.74 Å². The number of rotatable bonds is 5. The first-order valence-electron chi connectivity index (χ1n) is 8.18. The minimum Gasteiger partial charge on any atom is -0.496 e. The van der Waals surface area contributed by atoms with Crippen molar-refractivity contribution in [2.75, 3.05) is 7.11 Å². The topological polar surface area (TPSA) is 29.5 Å². The van der Waals surface area contributed by atoms with Crippen LogP contribution in [0.2, 0.25) is 0 Å². The van der Waals surface area contributed by atoms with Crippen LogP contribution in [0.15, 0.2) is 24.3 Å². The van der Waals surface area contributed by atoms with Gasteiger partial charge in [-0.3, -0.25) is 4.79 Å². The van der Waals surface area contributed by atoms with Crippen molar-refractivity contribution in [2.24, 2.45) is 17.8 Å². The normalized spacial score (nSPS) is 29.9. The molecule has 0 aliphatic heterocycles. The molecule has 3 nitrogen and oxygen atoms in total. The molecule has 3 fully saturated rings. The molecule has 3 aliphatic carbocycles. The second-order valence-corrected chi connectivity index (χ2v) is 6.93. The Balaban J connectivity index is 1.50. The van der Waals surface area contributed by atoms with E-state index < -0.39 is 0 Å². The molecule has 1 aromatic carbocycles. The lowest BCUT2D eigenvalue weighted by atomic mass is 10.0. The highest BCUT2D eigenvalue weighted by atomic mass is 16.5. The van der Waals surface area contributed by atoms with Crippen LogP contribution in [0.25, 0.3) is 0 Å². The highest BCUT2D eigenvalue weighted by molar-refractivity contribution is 5.80. The number of ether oxygens (including phenoxy) is 1. The summed E-state index contributed by atoms with van der Waals surface area (Å²) in [5.41, 5.74) is 1.13. The van der Waals surface area contributed by atoms with Crippen molar-refractivity contribution in [1.29, 1.82) is 0 Å². The van der Waals surface area contributed by atoms with Gasteiger partial charge >= 0.3 is 0 Å². The number of carbonyl (C=O) groups excluding carboxylic acids is 1. The van der Waals surface area contributed by atoms with E-state index in [4.69, 9.17) is 4.74 Å². The molecule has 0 radical (unpaired) electrons. The van der Waals surface area contributed by atoms with Gasteiger partial charge in [-0.2, -0.15) is 0 Å². The number of amides is 1. The van der Waals surface area contributed by atoms with Crippen LogP contribution in [0.5, 0.6) is 5.75 Å². The predicted molar refractivity (Wildman–Crippen MR) is 80.9 cm³/mol. The maximum Gasteiger partial charge on any atom is 0.226 e. The van der Waals surface area contributed by atoms with E-state index in [0.29, 0.717) is 24.4 Å². The fourth-order valence-corrected chi connectivity index (χ4v) is 3.94. The third-order valence-electron chi connectivity index (χ3n) is 5.40. The summed E-state index contributed by atoms with van der Waals surface area (Å²) in [5.74, 6) is 3.32. The Morgan fingerprint density at radius 3 is 2.57 bits per heavy atom. The summed E-state index contributed by atoms with van der Waals surface area (Å²) < 4.78 is 5.44. The minimum absolute atomic E-state index is 0.295. The van der Waals surface area contributed by atoms with E-state index in [2.05, 4.69) is 11.0 Å². The van der Waals surface area contributed by atoms with Crippen molar-refractivity contribution in [2.45, 2.75) is 44.7 Å². The predicted octanol–water partition coefficient (Wildman–Crippen LogP) is 3.23. The molecule has 3 aliphatic rings. The molecule has 2 atom stereocenters. The van der Waals surface area contributed by atoms with Gasteiger partial charge in [-0.25, -0.2) is 0 Å². The fraction of sp³-hybridized carbons (Fsp3) is 0.611. The summed E-state index contributed by atoms with van der Waals surface area (Å²) in [6.07, 6.45) is 5.98. The molecule has 2 unspecified atom stereocenters. The van der Waals surface area contributed by atoms with Gasteiger partial charge in [0.1, 0.15) is 5.75 Å². The zero-order valence-corrected chi connectivity index (χ0v) is 12.6. The molecule has 0 bridgehead atoms. The quantitative estimate of drug-likeness (QED) is 0.831. The van der Waals surface area contributed by atoms with Crippen molar-refractivity contribution in [3.63, 3.8) is 0 Å². The Morgan fingerprint density at radius 1 is 1.19 bits per heavy atom. The Morgan fingerprint density at radius 2 is 1.90 bits per heavy atom. The van der Waals surface area contributed by atoms with Crippen molar-refractivity contribution in [1.82, 2.24) is 4.90 Å². The van der Waals surface area contributed by atoms with E-state index in [1.807, 2.05) is 18.2 Å². The third-order valence-corrected chi connectivity index (χ3v) is 5.40. The van der Waals surface area contributed by atoms with Crippen LogP contribution in [0.4, 0.5) is 0 Å². The number of methoxy groups -OCH3 is 1. The van der Waals surface area contributed by atoms with Gasteiger partial charge in [0.15, 0.2) is 0 Å². The highest BCUT2D eigenvalue weighted by Crippen LogP contribution is 2.55. The van der Waals surface area contributed by atoms with E-state index in [0.717, 1.165) is 36.0 Å². The summed E-state index contributed by atoms with van der Waals surface area (Å²) in [6.45, 7) is 0.708. The lowest BCUT2D eigenvalue weighted by molar-refractivity contribution is -0.137. The van der Waals surface area contributed by atoms with Crippen LogP contribution in [0.3, 0.4) is 0 Å². The Kier molecular flexibility index (Phi) is 3.16. The number of hydrogen-bond acceptors (Lipinski definition) is 2. The Bertz CT molecular complexity index is 542. The second kappa shape index (κ2) is 5.04. The first-order valence-corrected chi connectivity index (χ1v) is 8.18. The minimum atomic E-state index is 0.295. The molecule has 1 aromatic rings. The summed E-state index contributed by atoms with van der Waals surface area (Å²) >= 11 is 0. The third kappa shape index (κ3) is 2.54. The van der Waals surface area contributed by atoms with Crippen LogP contribution in [-0.4, -0.2) is 24.0 Å². The van der Waals surface area contributed by atoms with Crippen LogP contribution in [0, 0.1) is 17.8 Å². The molecule has 0 N–H and O–H groups in total. The second-order valence-electron chi connectivity index (χ2n) is 6.93. The molecule has 1 amide bonds. The number of benzene rings is 1. The van der Waals surface area contributed by atoms with Gasteiger partial charge < -0.3 is 9.64 Å². The van der Waals surface area contributed by atoms with Gasteiger partial charge in [0.05, 0.1) is 7.11 Å². The van der Waals surface area contributed by atoms with E-state index in [1.54, 1.807) is 7.11 Å². The number of carbonyl (C=O) groups is 1. The Hall–Kier alpha value is -1.51. The molecule has 0 heterocycles. The molecule has 4 rings (SSSR count). The molecule has 3 saturated carbocycles. The van der Waals surface area contributed by atoms with Gasteiger partial charge in [-0.15, -0.1) is 0 Å². The summed E-state index contributed by atoms with van der Waals surface area (Å²) in [5, 5.41) is 0. The smallest absolute Gasteiger partial charge is 0.226 e. The van der Waals surface area contributed by atoms with Crippen molar-refractivity contribution >= 4 is 5.91 Å². The maximum atomic E-state index is 12.9. The molecule has 0 aromatic heterocycles. The number of nitrogens with zero attached hydrogens (tertiary/aromatic N) is 1. The average Bonchev–Trinajstić information content (AvgIpc) is 3.44. The maximum absolute atomic E-state index is 12.9. The van der Waals surface area contributed by atoms with Gasteiger partial charge in [0.2, 0.25) is 5.91 Å². The monoisotopic (exact) mass is 285 g/mol. The van der Waals surface area contributed by atoms with E-state index in [9.17, 15) is 4.79 Å². The summed E-state index contributed by atoms with van der Waals surface area (Å²) in [6, 6.07) is 8.54. The first-order chi connectivity index (χ1) is 10.3. The van der Waals surface area contributed by atoms with Gasteiger partial charge in [0.25, 0.3) is 0 Å². The van der Waals surface area contributed by atoms with Crippen LogP contribution in [-0.2, 0) is 11.3 Å². The Labute approximate surface area is 126 Å². The number of fused-ring (bicyclic) bond motifs is 1. The lowest BCUT2D eigenvalue weighted by Gasteiger charge is -2.27. The van der Waals surface area contributed by atoms with E-state index >= 15 is 0 Å². The number of hydrogen-bond donors (Lipinski definition) is 0. The zero-order valence-electron chi connectivity index (χ0n) is 12.6. The lowest BCUT2D eigenvalue weighted by Crippen LogP contribution is -2.37. The molecule has 3 heteroatoms. The van der Waals surface area contributed by atoms with Crippen LogP contribution in [0.1, 0.15) is 37.7 Å². The van der Waals surface area contributed by atoms with E-state index in [-0.39, 0.29) is 0 Å². The summed E-state index contributed by atoms with van der Waals surface area (Å²) in [7, 11) is 1.70. The van der Waals surface area contributed by atoms with Gasteiger partial charge in [-0.05, 0) is 50.0 Å². The van der Waals surface area contributed by atoms with Gasteiger partial charge in [0, 0.05) is 24.1 Å². The molecule has 112 valence electrons. The van der Waals surface area contributed by atoms with E-state index in [1.165, 1.54) is 19.3 Å². The molecule has 0 saturated heterocycles. The largest absolute Gasteiger partial charge is 0.496 e. The fourth-order valence-electron chi connectivity index (χ4n) is 3.94. The van der Waals surface area contributed by atoms with Crippen LogP contribution >= 0.6 is 0 Å². The van der Waals surface area contributed by atoms with Crippen molar-refractivity contribution in [3.8, 4) is 5.75 Å². The first kappa shape index (κ1) is 13.2. The van der Waals surface area contributed by atoms with Crippen molar-refractivity contribution < 1.29 is 9.53 Å². The van der Waals surface area contributed by atoms with Crippen molar-refractivity contribution in [3.05, 3.63) is 29.8 Å². The molecular weight excluding hydrogens is 262 g/mol.